The van der Waals surface area contributed by atoms with Crippen LogP contribution < -0.4 is 0 Å². The van der Waals surface area contributed by atoms with E-state index in [-0.39, 0.29) is 0 Å². The van der Waals surface area contributed by atoms with Crippen LogP contribution in [0.1, 0.15) is 42.9 Å². The third kappa shape index (κ3) is 2.32. The molecule has 1 saturated heterocycles. The van der Waals surface area contributed by atoms with Crippen molar-refractivity contribution in [2.24, 2.45) is 0 Å². The van der Waals surface area contributed by atoms with Crippen molar-refractivity contribution < 1.29 is 9.32 Å². The van der Waals surface area contributed by atoms with Crippen LogP contribution in [-0.2, 0) is 6.42 Å². The summed E-state index contributed by atoms with van der Waals surface area (Å²) in [6.45, 7) is 5.60. The Labute approximate surface area is 95.6 Å². The number of aldehydes is 1. The lowest BCUT2D eigenvalue weighted by atomic mass is 10.1. The number of hydrogen-bond acceptors (Lipinski definition) is 4. The molecule has 4 heteroatoms. The molecule has 0 amide bonds. The highest BCUT2D eigenvalue weighted by atomic mass is 16.5. The molecule has 1 aliphatic rings. The Balaban J connectivity index is 2.00. The molecule has 88 valence electrons. The van der Waals surface area contributed by atoms with E-state index in [1.807, 2.05) is 0 Å². The molecule has 0 aromatic carbocycles. The Morgan fingerprint density at radius 3 is 3.12 bits per heavy atom. The quantitative estimate of drug-likeness (QED) is 0.730. The Morgan fingerprint density at radius 1 is 1.69 bits per heavy atom. The van der Waals surface area contributed by atoms with Crippen LogP contribution in [0.5, 0.6) is 0 Å². The summed E-state index contributed by atoms with van der Waals surface area (Å²) in [4.78, 5) is 13.0. The molecule has 0 spiro atoms. The maximum atomic E-state index is 10.5. The topological polar surface area (TPSA) is 46.3 Å². The summed E-state index contributed by atoms with van der Waals surface area (Å²) in [6, 6.07) is 2.84. The molecule has 1 aromatic heterocycles. The number of aromatic nitrogens is 1. The molecule has 16 heavy (non-hydrogen) atoms. The summed E-state index contributed by atoms with van der Waals surface area (Å²) in [7, 11) is 0. The van der Waals surface area contributed by atoms with Crippen molar-refractivity contribution >= 4 is 6.29 Å². The highest BCUT2D eigenvalue weighted by molar-refractivity contribution is 5.71. The van der Waals surface area contributed by atoms with E-state index in [1.54, 1.807) is 6.07 Å². The van der Waals surface area contributed by atoms with Gasteiger partial charge in [-0.2, -0.15) is 0 Å². The smallest absolute Gasteiger partial charge is 0.171 e. The molecule has 0 N–H and O–H groups in total. The molecule has 2 heterocycles. The molecule has 1 aromatic rings. The molecular formula is C12H18N2O2. The minimum atomic E-state index is 0.393. The fraction of sp³-hybridized carbons (Fsp3) is 0.667. The molecule has 1 atom stereocenters. The summed E-state index contributed by atoms with van der Waals surface area (Å²) < 4.78 is 5.14. The lowest BCUT2D eigenvalue weighted by Gasteiger charge is -2.27. The zero-order chi connectivity index (χ0) is 11.5. The van der Waals surface area contributed by atoms with Crippen LogP contribution in [0.3, 0.4) is 0 Å². The van der Waals surface area contributed by atoms with Gasteiger partial charge in [0.25, 0.3) is 0 Å². The van der Waals surface area contributed by atoms with Gasteiger partial charge in [0.2, 0.25) is 0 Å². The fourth-order valence-electron chi connectivity index (χ4n) is 2.47. The van der Waals surface area contributed by atoms with Gasteiger partial charge in [-0.3, -0.25) is 9.69 Å². The zero-order valence-corrected chi connectivity index (χ0v) is 9.85. The standard InChI is InChI=1S/C12H18N2O2/c1-9(2)14-5-3-4-11(14)7-12-6-10(8-15)13-16-12/h6,8-9,11H,3-5,7H2,1-2H3. The number of likely N-dealkylation sites (tertiary alicyclic amines) is 1. The number of hydrogen-bond donors (Lipinski definition) is 0. The van der Waals surface area contributed by atoms with E-state index in [2.05, 4.69) is 23.9 Å². The zero-order valence-electron chi connectivity index (χ0n) is 9.85. The number of nitrogens with zero attached hydrogens (tertiary/aromatic N) is 2. The van der Waals surface area contributed by atoms with Crippen molar-refractivity contribution in [3.8, 4) is 0 Å². The van der Waals surface area contributed by atoms with E-state index >= 15 is 0 Å². The average molecular weight is 222 g/mol. The van der Waals surface area contributed by atoms with E-state index in [1.165, 1.54) is 12.8 Å². The summed E-state index contributed by atoms with van der Waals surface area (Å²) >= 11 is 0. The van der Waals surface area contributed by atoms with Crippen LogP contribution in [0.4, 0.5) is 0 Å². The van der Waals surface area contributed by atoms with E-state index in [0.717, 1.165) is 25.0 Å². The second-order valence-corrected chi connectivity index (χ2v) is 4.67. The van der Waals surface area contributed by atoms with Crippen molar-refractivity contribution in [1.29, 1.82) is 0 Å². The van der Waals surface area contributed by atoms with Crippen molar-refractivity contribution in [2.75, 3.05) is 6.54 Å². The SMILES string of the molecule is CC(C)N1CCCC1Cc1cc(C=O)no1. The van der Waals surface area contributed by atoms with Crippen molar-refractivity contribution in [2.45, 2.75) is 45.2 Å². The summed E-state index contributed by atoms with van der Waals surface area (Å²) in [5, 5.41) is 3.69. The lowest BCUT2D eigenvalue weighted by Crippen LogP contribution is -2.36. The second kappa shape index (κ2) is 4.78. The first-order chi connectivity index (χ1) is 7.70. The molecule has 0 radical (unpaired) electrons. The minimum Gasteiger partial charge on any atom is -0.361 e. The predicted octanol–water partition coefficient (Wildman–Crippen LogP) is 1.90. The van der Waals surface area contributed by atoms with Crippen LogP contribution in [0.2, 0.25) is 0 Å². The van der Waals surface area contributed by atoms with Crippen molar-refractivity contribution in [3.63, 3.8) is 0 Å². The van der Waals surface area contributed by atoms with Crippen molar-refractivity contribution in [3.05, 3.63) is 17.5 Å². The third-order valence-electron chi connectivity index (χ3n) is 3.22. The van der Waals surface area contributed by atoms with Crippen LogP contribution in [0, 0.1) is 0 Å². The van der Waals surface area contributed by atoms with E-state index in [9.17, 15) is 4.79 Å². The van der Waals surface area contributed by atoms with Crippen LogP contribution in [0.25, 0.3) is 0 Å². The number of carbonyl (C=O) groups excluding carboxylic acids is 1. The van der Waals surface area contributed by atoms with Gasteiger partial charge in [0.05, 0.1) is 0 Å². The Morgan fingerprint density at radius 2 is 2.50 bits per heavy atom. The first-order valence-electron chi connectivity index (χ1n) is 5.87. The van der Waals surface area contributed by atoms with Gasteiger partial charge in [0.1, 0.15) is 11.5 Å². The van der Waals surface area contributed by atoms with Gasteiger partial charge in [0.15, 0.2) is 6.29 Å². The second-order valence-electron chi connectivity index (χ2n) is 4.67. The number of rotatable bonds is 4. The summed E-state index contributed by atoms with van der Waals surface area (Å²) in [5.41, 5.74) is 0.393. The van der Waals surface area contributed by atoms with E-state index in [0.29, 0.717) is 17.8 Å². The fourth-order valence-corrected chi connectivity index (χ4v) is 2.47. The Bertz CT molecular complexity index is 360. The summed E-state index contributed by atoms with van der Waals surface area (Å²) in [5.74, 6) is 0.819. The molecule has 2 rings (SSSR count). The van der Waals surface area contributed by atoms with Gasteiger partial charge in [-0.15, -0.1) is 0 Å². The monoisotopic (exact) mass is 222 g/mol. The Hall–Kier alpha value is -1.16. The van der Waals surface area contributed by atoms with Gasteiger partial charge in [-0.05, 0) is 33.2 Å². The van der Waals surface area contributed by atoms with Gasteiger partial charge in [0, 0.05) is 24.6 Å². The normalized spacial score (nSPS) is 21.8. The van der Waals surface area contributed by atoms with Crippen LogP contribution >= 0.6 is 0 Å². The lowest BCUT2D eigenvalue weighted by molar-refractivity contribution is 0.111. The highest BCUT2D eigenvalue weighted by Gasteiger charge is 2.27. The van der Waals surface area contributed by atoms with Crippen LogP contribution in [0.15, 0.2) is 10.6 Å². The number of carbonyl (C=O) groups is 1. The van der Waals surface area contributed by atoms with Gasteiger partial charge < -0.3 is 4.52 Å². The first kappa shape index (κ1) is 11.3. The molecule has 1 unspecified atom stereocenters. The molecule has 0 aliphatic carbocycles. The van der Waals surface area contributed by atoms with Gasteiger partial charge >= 0.3 is 0 Å². The minimum absolute atomic E-state index is 0.393. The van der Waals surface area contributed by atoms with E-state index in [4.69, 9.17) is 4.52 Å². The average Bonchev–Trinajstić information content (AvgIpc) is 2.87. The van der Waals surface area contributed by atoms with Gasteiger partial charge in [-0.1, -0.05) is 5.16 Å². The third-order valence-corrected chi connectivity index (χ3v) is 3.22. The van der Waals surface area contributed by atoms with Crippen molar-refractivity contribution in [1.82, 2.24) is 10.1 Å². The Kier molecular flexibility index (Phi) is 3.39. The van der Waals surface area contributed by atoms with E-state index < -0.39 is 0 Å². The summed E-state index contributed by atoms with van der Waals surface area (Å²) in [6.07, 6.45) is 4.04. The first-order valence-corrected chi connectivity index (χ1v) is 5.87. The molecule has 1 aliphatic heterocycles. The molecule has 0 bridgehead atoms. The highest BCUT2D eigenvalue weighted by Crippen LogP contribution is 2.23. The maximum Gasteiger partial charge on any atom is 0.171 e. The molecule has 4 nitrogen and oxygen atoms in total. The molecular weight excluding hydrogens is 204 g/mol. The largest absolute Gasteiger partial charge is 0.361 e. The predicted molar refractivity (Wildman–Crippen MR) is 60.5 cm³/mol. The van der Waals surface area contributed by atoms with Crippen LogP contribution in [-0.4, -0.2) is 35.0 Å². The molecule has 1 fully saturated rings. The molecule has 0 saturated carbocycles. The maximum absolute atomic E-state index is 10.5. The van der Waals surface area contributed by atoms with Gasteiger partial charge in [-0.25, -0.2) is 0 Å².